The van der Waals surface area contributed by atoms with E-state index in [1.165, 1.54) is 10.5 Å². The summed E-state index contributed by atoms with van der Waals surface area (Å²) in [6.45, 7) is 1.89. The van der Waals surface area contributed by atoms with Crippen molar-refractivity contribution in [3.8, 4) is 0 Å². The van der Waals surface area contributed by atoms with Gasteiger partial charge in [-0.1, -0.05) is 0 Å². The van der Waals surface area contributed by atoms with E-state index < -0.39 is 10.0 Å². The normalized spacial score (nSPS) is 17.8. The molecular weight excluding hydrogens is 354 g/mol. The number of nitrogens with zero attached hydrogens (tertiary/aromatic N) is 2. The topological polar surface area (TPSA) is 76.3 Å². The molecule has 1 atom stereocenters. The van der Waals surface area contributed by atoms with Gasteiger partial charge in [-0.25, -0.2) is 8.42 Å². The molecule has 1 unspecified atom stereocenters. The van der Waals surface area contributed by atoms with Crippen LogP contribution < -0.4 is 10.0 Å². The minimum atomic E-state index is -3.64. The van der Waals surface area contributed by atoms with Gasteiger partial charge >= 0.3 is 0 Å². The highest BCUT2D eigenvalue weighted by atomic mass is 79.9. The van der Waals surface area contributed by atoms with E-state index in [1.54, 1.807) is 24.4 Å². The van der Waals surface area contributed by atoms with E-state index in [2.05, 4.69) is 20.9 Å². The van der Waals surface area contributed by atoms with Crippen molar-refractivity contribution >= 4 is 37.3 Å². The van der Waals surface area contributed by atoms with Crippen molar-refractivity contribution in [1.82, 2.24) is 4.98 Å². The summed E-state index contributed by atoms with van der Waals surface area (Å²) in [7, 11) is -3.64. The predicted molar refractivity (Wildman–Crippen MR) is 85.6 cm³/mol. The number of benzene rings is 1. The van der Waals surface area contributed by atoms with Crippen LogP contribution in [0.3, 0.4) is 0 Å². The van der Waals surface area contributed by atoms with Crippen LogP contribution in [0.4, 0.5) is 11.4 Å². The van der Waals surface area contributed by atoms with E-state index in [1.807, 2.05) is 13.0 Å². The minimum Gasteiger partial charge on any atom is -0.399 e. The molecule has 0 saturated heterocycles. The standard InChI is InChI=1S/C14H14BrN3O2S/c1-9-4-10-5-12(16)2-3-14(10)18(9)21(19,20)13-6-11(15)7-17-8-13/h2-3,5-9H,4,16H2,1H3. The highest BCUT2D eigenvalue weighted by molar-refractivity contribution is 9.10. The van der Waals surface area contributed by atoms with Crippen LogP contribution in [0, 0.1) is 0 Å². The van der Waals surface area contributed by atoms with Crippen molar-refractivity contribution < 1.29 is 8.42 Å². The molecule has 0 saturated carbocycles. The monoisotopic (exact) mass is 367 g/mol. The lowest BCUT2D eigenvalue weighted by molar-refractivity contribution is 0.583. The number of sulfonamides is 1. The quantitative estimate of drug-likeness (QED) is 0.827. The Kier molecular flexibility index (Phi) is 3.41. The van der Waals surface area contributed by atoms with Crippen molar-refractivity contribution in [1.29, 1.82) is 0 Å². The zero-order chi connectivity index (χ0) is 15.2. The van der Waals surface area contributed by atoms with Crippen LogP contribution in [-0.2, 0) is 16.4 Å². The molecule has 2 N–H and O–H groups in total. The third kappa shape index (κ3) is 2.40. The lowest BCUT2D eigenvalue weighted by atomic mass is 10.1. The number of halogens is 1. The molecule has 21 heavy (non-hydrogen) atoms. The molecular formula is C14H14BrN3O2S. The number of hydrogen-bond acceptors (Lipinski definition) is 4. The number of nitrogen functional groups attached to an aromatic ring is 1. The average Bonchev–Trinajstić information content (AvgIpc) is 2.74. The third-order valence-corrected chi connectivity index (χ3v) is 5.82. The Morgan fingerprint density at radius 1 is 1.33 bits per heavy atom. The zero-order valence-corrected chi connectivity index (χ0v) is 13.7. The molecule has 1 aliphatic rings. The van der Waals surface area contributed by atoms with Gasteiger partial charge in [-0.15, -0.1) is 0 Å². The first-order valence-corrected chi connectivity index (χ1v) is 8.66. The van der Waals surface area contributed by atoms with Gasteiger partial charge < -0.3 is 5.73 Å². The van der Waals surface area contributed by atoms with E-state index in [9.17, 15) is 8.42 Å². The maximum Gasteiger partial charge on any atom is 0.266 e. The molecule has 1 aromatic carbocycles. The van der Waals surface area contributed by atoms with E-state index in [0.717, 1.165) is 5.56 Å². The minimum absolute atomic E-state index is 0.147. The Morgan fingerprint density at radius 3 is 2.81 bits per heavy atom. The van der Waals surface area contributed by atoms with Gasteiger partial charge in [0, 0.05) is 28.6 Å². The number of rotatable bonds is 2. The molecule has 5 nitrogen and oxygen atoms in total. The molecule has 3 rings (SSSR count). The number of aromatic nitrogens is 1. The number of anilines is 2. The summed E-state index contributed by atoms with van der Waals surface area (Å²) in [5, 5.41) is 0. The van der Waals surface area contributed by atoms with E-state index in [4.69, 9.17) is 5.73 Å². The number of pyridine rings is 1. The Bertz CT molecular complexity index is 808. The molecule has 0 radical (unpaired) electrons. The van der Waals surface area contributed by atoms with Crippen LogP contribution in [-0.4, -0.2) is 19.4 Å². The third-order valence-electron chi connectivity index (χ3n) is 3.49. The highest BCUT2D eigenvalue weighted by Gasteiger charge is 2.36. The Hall–Kier alpha value is -1.60. The second-order valence-electron chi connectivity index (χ2n) is 5.08. The molecule has 1 aliphatic heterocycles. The van der Waals surface area contributed by atoms with Crippen molar-refractivity contribution in [2.45, 2.75) is 24.3 Å². The molecule has 0 bridgehead atoms. The van der Waals surface area contributed by atoms with Gasteiger partial charge in [0.1, 0.15) is 4.90 Å². The van der Waals surface area contributed by atoms with Gasteiger partial charge in [0.05, 0.1) is 5.69 Å². The summed E-state index contributed by atoms with van der Waals surface area (Å²) in [5.41, 5.74) is 8.06. The highest BCUT2D eigenvalue weighted by Crippen LogP contribution is 2.37. The summed E-state index contributed by atoms with van der Waals surface area (Å²) in [6.07, 6.45) is 3.57. The summed E-state index contributed by atoms with van der Waals surface area (Å²) in [4.78, 5) is 4.12. The summed E-state index contributed by atoms with van der Waals surface area (Å²) >= 11 is 3.26. The first-order valence-electron chi connectivity index (χ1n) is 6.43. The number of nitrogens with two attached hydrogens (primary N) is 1. The smallest absolute Gasteiger partial charge is 0.266 e. The lowest BCUT2D eigenvalue weighted by Crippen LogP contribution is -2.35. The van der Waals surface area contributed by atoms with Crippen LogP contribution in [0.5, 0.6) is 0 Å². The number of hydrogen-bond donors (Lipinski definition) is 1. The summed E-state index contributed by atoms with van der Waals surface area (Å²) < 4.78 is 27.8. The largest absolute Gasteiger partial charge is 0.399 e. The Balaban J connectivity index is 2.12. The van der Waals surface area contributed by atoms with E-state index >= 15 is 0 Å². The molecule has 2 heterocycles. The fourth-order valence-corrected chi connectivity index (χ4v) is 4.83. The van der Waals surface area contributed by atoms with Gasteiger partial charge in [-0.3, -0.25) is 9.29 Å². The van der Waals surface area contributed by atoms with E-state index in [-0.39, 0.29) is 10.9 Å². The average molecular weight is 368 g/mol. The zero-order valence-electron chi connectivity index (χ0n) is 11.3. The molecule has 110 valence electrons. The fraction of sp³-hybridized carbons (Fsp3) is 0.214. The second kappa shape index (κ2) is 4.99. The molecule has 1 aromatic heterocycles. The van der Waals surface area contributed by atoms with Crippen molar-refractivity contribution in [3.05, 3.63) is 46.7 Å². The molecule has 0 aliphatic carbocycles. The van der Waals surface area contributed by atoms with E-state index in [0.29, 0.717) is 22.3 Å². The molecule has 0 fully saturated rings. The molecule has 0 spiro atoms. The van der Waals surface area contributed by atoms with Crippen LogP contribution in [0.2, 0.25) is 0 Å². The van der Waals surface area contributed by atoms with Crippen molar-refractivity contribution in [3.63, 3.8) is 0 Å². The Morgan fingerprint density at radius 2 is 2.10 bits per heavy atom. The van der Waals surface area contributed by atoms with Crippen LogP contribution in [0.1, 0.15) is 12.5 Å². The van der Waals surface area contributed by atoms with Crippen molar-refractivity contribution in [2.24, 2.45) is 0 Å². The van der Waals surface area contributed by atoms with Crippen LogP contribution in [0.25, 0.3) is 0 Å². The first-order chi connectivity index (χ1) is 9.89. The summed E-state index contributed by atoms with van der Waals surface area (Å²) in [6, 6.07) is 6.73. The maximum absolute atomic E-state index is 12.9. The lowest BCUT2D eigenvalue weighted by Gasteiger charge is -2.24. The molecule has 2 aromatic rings. The second-order valence-corrected chi connectivity index (χ2v) is 7.81. The molecule has 0 amide bonds. The maximum atomic E-state index is 12.9. The first kappa shape index (κ1) is 14.3. The van der Waals surface area contributed by atoms with Crippen LogP contribution >= 0.6 is 15.9 Å². The van der Waals surface area contributed by atoms with Crippen LogP contribution in [0.15, 0.2) is 46.0 Å². The molecule has 7 heteroatoms. The van der Waals surface area contributed by atoms with Gasteiger partial charge in [-0.05, 0) is 59.1 Å². The van der Waals surface area contributed by atoms with Gasteiger partial charge in [0.25, 0.3) is 10.0 Å². The fourth-order valence-electron chi connectivity index (χ4n) is 2.64. The number of fused-ring (bicyclic) bond motifs is 1. The van der Waals surface area contributed by atoms with Gasteiger partial charge in [0.15, 0.2) is 0 Å². The summed E-state index contributed by atoms with van der Waals surface area (Å²) in [5.74, 6) is 0. The Labute approximate surface area is 132 Å². The predicted octanol–water partition coefficient (Wildman–Crippen LogP) is 2.57. The van der Waals surface area contributed by atoms with Gasteiger partial charge in [0.2, 0.25) is 0 Å². The van der Waals surface area contributed by atoms with Crippen molar-refractivity contribution in [2.75, 3.05) is 10.0 Å². The van der Waals surface area contributed by atoms with Gasteiger partial charge in [-0.2, -0.15) is 0 Å². The SMILES string of the molecule is CC1Cc2cc(N)ccc2N1S(=O)(=O)c1cncc(Br)c1.